The molecule has 1 amide bonds. The van der Waals surface area contributed by atoms with E-state index in [1.54, 1.807) is 30.3 Å². The summed E-state index contributed by atoms with van der Waals surface area (Å²) in [5.74, 6) is -0.670. The van der Waals surface area contributed by atoms with Crippen LogP contribution < -0.4 is 11.1 Å². The van der Waals surface area contributed by atoms with E-state index in [0.29, 0.717) is 23.5 Å². The Morgan fingerprint density at radius 2 is 1.96 bits per heavy atom. The van der Waals surface area contributed by atoms with Crippen molar-refractivity contribution in [2.24, 2.45) is 11.0 Å². The molecular weight excluding hydrogens is 355 g/mol. The topological polar surface area (TPSA) is 70.7 Å². The van der Waals surface area contributed by atoms with Crippen LogP contribution in [0.5, 0.6) is 0 Å². The van der Waals surface area contributed by atoms with E-state index in [1.807, 2.05) is 42.3 Å². The van der Waals surface area contributed by atoms with Crippen molar-refractivity contribution in [1.82, 2.24) is 5.01 Å². The van der Waals surface area contributed by atoms with Gasteiger partial charge in [-0.05, 0) is 42.8 Å². The number of para-hydroxylation sites is 2. The summed E-state index contributed by atoms with van der Waals surface area (Å²) in [5.41, 5.74) is 9.29. The number of hydrazone groups is 1. The number of carbonyl (C=O) groups excluding carboxylic acids is 1. The zero-order valence-corrected chi connectivity index (χ0v) is 15.5. The Labute approximate surface area is 163 Å². The molecule has 3 N–H and O–H groups in total. The van der Waals surface area contributed by atoms with E-state index in [4.69, 9.17) is 5.73 Å². The number of hydrogen-bond donors (Lipinski definition) is 2. The Hall–Kier alpha value is -3.41. The minimum absolute atomic E-state index is 0.103. The molecule has 1 aliphatic heterocycles. The lowest BCUT2D eigenvalue weighted by atomic mass is 9.91. The first-order valence-electron chi connectivity index (χ1n) is 9.13. The second-order valence-corrected chi connectivity index (χ2v) is 6.98. The van der Waals surface area contributed by atoms with Crippen LogP contribution in [-0.2, 0) is 6.54 Å². The fraction of sp³-hybridized carbons (Fsp3) is 0.182. The number of anilines is 2. The highest BCUT2D eigenvalue weighted by Crippen LogP contribution is 2.33. The molecule has 0 fully saturated rings. The Balaban J connectivity index is 1.44. The predicted octanol–water partition coefficient (Wildman–Crippen LogP) is 4.12. The van der Waals surface area contributed by atoms with Crippen LogP contribution in [0.3, 0.4) is 0 Å². The maximum atomic E-state index is 14.1. The van der Waals surface area contributed by atoms with Gasteiger partial charge in [0.15, 0.2) is 0 Å². The molecule has 4 rings (SSSR count). The van der Waals surface area contributed by atoms with E-state index >= 15 is 0 Å². The molecule has 2 aromatic carbocycles. The Kier molecular flexibility index (Phi) is 4.69. The van der Waals surface area contributed by atoms with Crippen molar-refractivity contribution in [1.29, 1.82) is 0 Å². The zero-order chi connectivity index (χ0) is 19.7. The van der Waals surface area contributed by atoms with Crippen molar-refractivity contribution in [2.45, 2.75) is 19.5 Å². The highest BCUT2D eigenvalue weighted by molar-refractivity contribution is 6.05. The number of hydrogen-bond acceptors (Lipinski definition) is 4. The molecule has 1 heterocycles. The van der Waals surface area contributed by atoms with Crippen LogP contribution in [0.1, 0.15) is 22.8 Å². The number of nitrogens with two attached hydrogens (primary N) is 1. The molecular formula is C22H21FN4O. The second kappa shape index (κ2) is 7.31. The Morgan fingerprint density at radius 1 is 1.21 bits per heavy atom. The molecule has 28 heavy (non-hydrogen) atoms. The van der Waals surface area contributed by atoms with Crippen molar-refractivity contribution in [3.8, 4) is 0 Å². The number of nitrogens with one attached hydrogen (secondary N) is 1. The average Bonchev–Trinajstić information content (AvgIpc) is 3.01. The van der Waals surface area contributed by atoms with Gasteiger partial charge in [0.2, 0.25) is 0 Å². The number of halogens is 1. The van der Waals surface area contributed by atoms with Crippen molar-refractivity contribution < 1.29 is 9.18 Å². The maximum Gasteiger partial charge on any atom is 0.255 e. The molecule has 142 valence electrons. The average molecular weight is 376 g/mol. The van der Waals surface area contributed by atoms with E-state index in [2.05, 4.69) is 10.4 Å². The third-order valence-electron chi connectivity index (χ3n) is 5.05. The normalized spacial score (nSPS) is 20.4. The summed E-state index contributed by atoms with van der Waals surface area (Å²) >= 11 is 0. The molecule has 0 bridgehead atoms. The van der Waals surface area contributed by atoms with Gasteiger partial charge in [-0.25, -0.2) is 4.39 Å². The van der Waals surface area contributed by atoms with E-state index in [1.165, 1.54) is 6.08 Å². The number of rotatable bonds is 4. The van der Waals surface area contributed by atoms with Gasteiger partial charge in [0.05, 0.1) is 29.9 Å². The predicted molar refractivity (Wildman–Crippen MR) is 110 cm³/mol. The molecule has 5 nitrogen and oxygen atoms in total. The number of fused-ring (bicyclic) bond motifs is 1. The van der Waals surface area contributed by atoms with Crippen molar-refractivity contribution >= 4 is 23.0 Å². The highest BCUT2D eigenvalue weighted by Gasteiger charge is 2.37. The summed E-state index contributed by atoms with van der Waals surface area (Å²) < 4.78 is 14.1. The first-order valence-corrected chi connectivity index (χ1v) is 9.13. The number of carbonyl (C=O) groups is 1. The maximum absolute atomic E-state index is 14.1. The molecule has 0 saturated carbocycles. The molecule has 1 aliphatic carbocycles. The first-order chi connectivity index (χ1) is 13.5. The van der Waals surface area contributed by atoms with Crippen LogP contribution in [0, 0.1) is 5.92 Å². The van der Waals surface area contributed by atoms with E-state index < -0.39 is 0 Å². The van der Waals surface area contributed by atoms with Gasteiger partial charge in [0.1, 0.15) is 5.83 Å². The number of nitrogen functional groups attached to an aromatic ring is 1. The number of amides is 1. The smallest absolute Gasteiger partial charge is 0.255 e. The SMILES string of the molecule is CC1=NN(Cc2ccc(C(=O)Nc3ccccc3N)cc2)C2C=CC=C(F)C12. The van der Waals surface area contributed by atoms with Crippen molar-refractivity contribution in [3.63, 3.8) is 0 Å². The Bertz CT molecular complexity index is 994. The summed E-state index contributed by atoms with van der Waals surface area (Å²) in [7, 11) is 0. The molecule has 6 heteroatoms. The van der Waals surface area contributed by atoms with Gasteiger partial charge in [0, 0.05) is 11.3 Å². The van der Waals surface area contributed by atoms with Crippen LogP contribution in [0.4, 0.5) is 15.8 Å². The lowest BCUT2D eigenvalue weighted by Crippen LogP contribution is -2.32. The van der Waals surface area contributed by atoms with E-state index in [-0.39, 0.29) is 23.7 Å². The van der Waals surface area contributed by atoms with Gasteiger partial charge in [-0.1, -0.05) is 36.4 Å². The monoisotopic (exact) mass is 376 g/mol. The standard InChI is InChI=1S/C22H21FN4O/c1-14-21-17(23)5-4-8-20(21)27(26-14)13-15-9-11-16(12-10-15)22(28)25-19-7-3-2-6-18(19)24/h2-12,20-21H,13,24H2,1H3,(H,25,28). The van der Waals surface area contributed by atoms with Gasteiger partial charge in [-0.3, -0.25) is 9.80 Å². The van der Waals surface area contributed by atoms with Gasteiger partial charge < -0.3 is 11.1 Å². The van der Waals surface area contributed by atoms with Gasteiger partial charge in [0.25, 0.3) is 5.91 Å². The molecule has 0 spiro atoms. The number of nitrogens with zero attached hydrogens (tertiary/aromatic N) is 2. The Morgan fingerprint density at radius 3 is 2.71 bits per heavy atom. The largest absolute Gasteiger partial charge is 0.397 e. The van der Waals surface area contributed by atoms with Gasteiger partial charge in [-0.2, -0.15) is 5.10 Å². The van der Waals surface area contributed by atoms with Crippen LogP contribution in [0.15, 0.2) is 77.7 Å². The summed E-state index contributed by atoms with van der Waals surface area (Å²) in [6, 6.07) is 14.3. The van der Waals surface area contributed by atoms with Crippen LogP contribution in [-0.4, -0.2) is 22.7 Å². The second-order valence-electron chi connectivity index (χ2n) is 6.98. The molecule has 0 saturated heterocycles. The van der Waals surface area contributed by atoms with Crippen molar-refractivity contribution in [3.05, 3.63) is 83.7 Å². The van der Waals surface area contributed by atoms with Gasteiger partial charge in [-0.15, -0.1) is 0 Å². The summed E-state index contributed by atoms with van der Waals surface area (Å²) in [6.45, 7) is 2.40. The minimum atomic E-state index is -0.300. The number of benzene rings is 2. The molecule has 2 aliphatic rings. The summed E-state index contributed by atoms with van der Waals surface area (Å²) in [6.07, 6.45) is 5.21. The van der Waals surface area contributed by atoms with Gasteiger partial charge >= 0.3 is 0 Å². The lowest BCUT2D eigenvalue weighted by Gasteiger charge is -2.26. The van der Waals surface area contributed by atoms with Crippen LogP contribution >= 0.6 is 0 Å². The van der Waals surface area contributed by atoms with E-state index in [0.717, 1.165) is 11.3 Å². The highest BCUT2D eigenvalue weighted by atomic mass is 19.1. The lowest BCUT2D eigenvalue weighted by molar-refractivity contribution is 0.102. The third-order valence-corrected chi connectivity index (χ3v) is 5.05. The third kappa shape index (κ3) is 3.41. The molecule has 2 unspecified atom stereocenters. The molecule has 2 aromatic rings. The fourth-order valence-corrected chi connectivity index (χ4v) is 3.58. The number of allylic oxidation sites excluding steroid dienone is 2. The van der Waals surface area contributed by atoms with Crippen molar-refractivity contribution in [2.75, 3.05) is 11.1 Å². The zero-order valence-electron chi connectivity index (χ0n) is 15.5. The quantitative estimate of drug-likeness (QED) is 0.789. The summed E-state index contributed by atoms with van der Waals surface area (Å²) in [4.78, 5) is 12.4. The minimum Gasteiger partial charge on any atom is -0.397 e. The van der Waals surface area contributed by atoms with Crippen LogP contribution in [0.2, 0.25) is 0 Å². The van der Waals surface area contributed by atoms with Crippen LogP contribution in [0.25, 0.3) is 0 Å². The molecule has 2 atom stereocenters. The first kappa shape index (κ1) is 18.0. The molecule has 0 radical (unpaired) electrons. The summed E-state index contributed by atoms with van der Waals surface area (Å²) in [5, 5.41) is 9.23. The molecule has 0 aromatic heterocycles. The van der Waals surface area contributed by atoms with E-state index in [9.17, 15) is 9.18 Å². The fourth-order valence-electron chi connectivity index (χ4n) is 3.58.